The van der Waals surface area contributed by atoms with Crippen LogP contribution in [-0.2, 0) is 24.4 Å². The second kappa shape index (κ2) is 7.48. The van der Waals surface area contributed by atoms with Gasteiger partial charge in [-0.25, -0.2) is 4.79 Å². The van der Waals surface area contributed by atoms with Crippen LogP contribution in [0.4, 0.5) is 4.79 Å². The average Bonchev–Trinajstić information content (AvgIpc) is 3.31. The van der Waals surface area contributed by atoms with Gasteiger partial charge in [-0.15, -0.1) is 10.2 Å². The molecular weight excluding hydrogens is 310 g/mol. The van der Waals surface area contributed by atoms with Gasteiger partial charge in [0.2, 0.25) is 0 Å². The van der Waals surface area contributed by atoms with Gasteiger partial charge in [-0.1, -0.05) is 0 Å². The number of hydrogen-bond acceptors (Lipinski definition) is 5. The van der Waals surface area contributed by atoms with Crippen LogP contribution in [0, 0.1) is 0 Å². The number of likely N-dealkylation sites (tertiary alicyclic amines) is 1. The largest absolute Gasteiger partial charge is 0.461 e. The smallest absolute Gasteiger partial charge is 0.318 e. The average molecular weight is 333 g/mol. The summed E-state index contributed by atoms with van der Waals surface area (Å²) in [5, 5.41) is 10.8. The lowest BCUT2D eigenvalue weighted by atomic mass is 10.2. The van der Waals surface area contributed by atoms with Crippen molar-refractivity contribution < 1.29 is 13.9 Å². The molecule has 130 valence electrons. The number of aromatic nitrogens is 3. The maximum absolute atomic E-state index is 12.5. The van der Waals surface area contributed by atoms with Crippen LogP contribution < -0.4 is 5.32 Å². The second-order valence-electron chi connectivity index (χ2n) is 5.78. The molecule has 1 saturated heterocycles. The molecule has 1 N–H and O–H groups in total. The highest BCUT2D eigenvalue weighted by atomic mass is 16.5. The Morgan fingerprint density at radius 2 is 2.38 bits per heavy atom. The van der Waals surface area contributed by atoms with Gasteiger partial charge >= 0.3 is 6.03 Å². The molecule has 8 nitrogen and oxygen atoms in total. The number of urea groups is 1. The molecule has 1 fully saturated rings. The number of carbonyl (C=O) groups excluding carboxylic acids is 1. The topological polar surface area (TPSA) is 85.4 Å². The minimum Gasteiger partial charge on any atom is -0.461 e. The highest BCUT2D eigenvalue weighted by Crippen LogP contribution is 2.33. The Labute approximate surface area is 140 Å². The molecule has 0 bridgehead atoms. The van der Waals surface area contributed by atoms with Crippen molar-refractivity contribution in [2.24, 2.45) is 0 Å². The summed E-state index contributed by atoms with van der Waals surface area (Å²) in [7, 11) is 1.63. The molecule has 1 atom stereocenters. The normalized spacial score (nSPS) is 17.4. The van der Waals surface area contributed by atoms with Gasteiger partial charge in [0.1, 0.15) is 24.5 Å². The van der Waals surface area contributed by atoms with Crippen molar-refractivity contribution in [3.8, 4) is 0 Å². The monoisotopic (exact) mass is 333 g/mol. The van der Waals surface area contributed by atoms with Crippen LogP contribution in [0.15, 0.2) is 22.9 Å². The standard InChI is InChI=1S/C16H23N5O3/c1-3-20-11-18-19-15(20)9-17-16(22)21-8-4-5-13(21)14-7-6-12(24-14)10-23-2/h6-7,11,13H,3-5,8-10H2,1-2H3,(H,17,22)/t13-/m1/s1. The Morgan fingerprint density at radius 1 is 1.50 bits per heavy atom. The first kappa shape index (κ1) is 16.5. The molecule has 0 aromatic carbocycles. The van der Waals surface area contributed by atoms with Crippen molar-refractivity contribution in [1.29, 1.82) is 0 Å². The van der Waals surface area contributed by atoms with E-state index in [1.807, 2.05) is 28.5 Å². The molecule has 2 amide bonds. The van der Waals surface area contributed by atoms with Crippen LogP contribution in [0.25, 0.3) is 0 Å². The molecule has 1 aliphatic heterocycles. The predicted molar refractivity (Wildman–Crippen MR) is 86.0 cm³/mol. The molecule has 0 spiro atoms. The molecule has 8 heteroatoms. The number of carbonyl (C=O) groups is 1. The molecule has 24 heavy (non-hydrogen) atoms. The zero-order valence-electron chi connectivity index (χ0n) is 14.1. The van der Waals surface area contributed by atoms with Gasteiger partial charge in [-0.2, -0.15) is 0 Å². The zero-order valence-corrected chi connectivity index (χ0v) is 14.1. The van der Waals surface area contributed by atoms with E-state index in [0.29, 0.717) is 13.2 Å². The van der Waals surface area contributed by atoms with E-state index in [9.17, 15) is 4.79 Å². The molecule has 3 rings (SSSR count). The molecule has 3 heterocycles. The predicted octanol–water partition coefficient (Wildman–Crippen LogP) is 2.08. The van der Waals surface area contributed by atoms with Gasteiger partial charge in [-0.3, -0.25) is 0 Å². The van der Waals surface area contributed by atoms with Crippen LogP contribution >= 0.6 is 0 Å². The highest BCUT2D eigenvalue weighted by Gasteiger charge is 2.32. The van der Waals surface area contributed by atoms with Crippen LogP contribution in [0.2, 0.25) is 0 Å². The molecule has 0 radical (unpaired) electrons. The van der Waals surface area contributed by atoms with E-state index in [1.54, 1.807) is 13.4 Å². The number of ether oxygens (including phenoxy) is 1. The Morgan fingerprint density at radius 3 is 3.17 bits per heavy atom. The molecule has 0 unspecified atom stereocenters. The van der Waals surface area contributed by atoms with Crippen molar-refractivity contribution in [3.63, 3.8) is 0 Å². The molecule has 2 aromatic heterocycles. The van der Waals surface area contributed by atoms with Crippen LogP contribution in [-0.4, -0.2) is 39.4 Å². The van der Waals surface area contributed by atoms with Gasteiger partial charge in [0.25, 0.3) is 0 Å². The Kier molecular flexibility index (Phi) is 5.14. The molecular formula is C16H23N5O3. The third-order valence-corrected chi connectivity index (χ3v) is 4.25. The first-order valence-corrected chi connectivity index (χ1v) is 8.21. The fourth-order valence-corrected chi connectivity index (χ4v) is 3.04. The maximum atomic E-state index is 12.5. The zero-order chi connectivity index (χ0) is 16.9. The summed E-state index contributed by atoms with van der Waals surface area (Å²) in [6.45, 7) is 4.31. The van der Waals surface area contributed by atoms with Crippen LogP contribution in [0.3, 0.4) is 0 Å². The summed E-state index contributed by atoms with van der Waals surface area (Å²) >= 11 is 0. The number of methoxy groups -OCH3 is 1. The Hall–Kier alpha value is -2.35. The summed E-state index contributed by atoms with van der Waals surface area (Å²) in [5.41, 5.74) is 0. The lowest BCUT2D eigenvalue weighted by Gasteiger charge is -2.23. The molecule has 1 aliphatic rings. The first-order chi connectivity index (χ1) is 11.7. The molecule has 0 aliphatic carbocycles. The van der Waals surface area contributed by atoms with Crippen molar-refractivity contribution in [3.05, 3.63) is 35.8 Å². The summed E-state index contributed by atoms with van der Waals surface area (Å²) in [6, 6.07) is 3.70. The highest BCUT2D eigenvalue weighted by molar-refractivity contribution is 5.74. The van der Waals surface area contributed by atoms with Crippen LogP contribution in [0.1, 0.15) is 43.2 Å². The number of aryl methyl sites for hydroxylation is 1. The van der Waals surface area contributed by atoms with E-state index in [-0.39, 0.29) is 12.1 Å². The van der Waals surface area contributed by atoms with Gasteiger partial charge in [0.15, 0.2) is 5.82 Å². The first-order valence-electron chi connectivity index (χ1n) is 8.21. The number of amides is 2. The van der Waals surface area contributed by atoms with Crippen molar-refractivity contribution in [2.45, 2.75) is 45.5 Å². The van der Waals surface area contributed by atoms with E-state index < -0.39 is 0 Å². The summed E-state index contributed by atoms with van der Waals surface area (Å²) in [5.74, 6) is 2.34. The van der Waals surface area contributed by atoms with Gasteiger partial charge in [0.05, 0.1) is 12.6 Å². The quantitative estimate of drug-likeness (QED) is 0.875. The van der Waals surface area contributed by atoms with Gasteiger partial charge < -0.3 is 23.9 Å². The van der Waals surface area contributed by atoms with Crippen molar-refractivity contribution in [2.75, 3.05) is 13.7 Å². The minimum atomic E-state index is -0.104. The van der Waals surface area contributed by atoms with Gasteiger partial charge in [-0.05, 0) is 31.9 Å². The van der Waals surface area contributed by atoms with E-state index in [1.165, 1.54) is 0 Å². The summed E-state index contributed by atoms with van der Waals surface area (Å²) < 4.78 is 12.8. The number of rotatable bonds is 6. The molecule has 2 aromatic rings. The Balaban J connectivity index is 1.62. The maximum Gasteiger partial charge on any atom is 0.318 e. The number of hydrogen-bond donors (Lipinski definition) is 1. The fourth-order valence-electron chi connectivity index (χ4n) is 3.04. The third-order valence-electron chi connectivity index (χ3n) is 4.25. The van der Waals surface area contributed by atoms with Gasteiger partial charge in [0, 0.05) is 20.2 Å². The van der Waals surface area contributed by atoms with Crippen molar-refractivity contribution >= 4 is 6.03 Å². The summed E-state index contributed by atoms with van der Waals surface area (Å²) in [6.07, 6.45) is 3.53. The van der Waals surface area contributed by atoms with Crippen LogP contribution in [0.5, 0.6) is 0 Å². The second-order valence-corrected chi connectivity index (χ2v) is 5.78. The molecule has 0 saturated carbocycles. The number of nitrogens with zero attached hydrogens (tertiary/aromatic N) is 4. The Bertz CT molecular complexity index is 681. The van der Waals surface area contributed by atoms with Crippen molar-refractivity contribution in [1.82, 2.24) is 25.0 Å². The van der Waals surface area contributed by atoms with E-state index in [0.717, 1.165) is 43.3 Å². The minimum absolute atomic E-state index is 0.0281. The number of nitrogens with one attached hydrogen (secondary N) is 1. The van der Waals surface area contributed by atoms with E-state index >= 15 is 0 Å². The third kappa shape index (κ3) is 3.43. The summed E-state index contributed by atoms with van der Waals surface area (Å²) in [4.78, 5) is 14.4. The number of furan rings is 1. The lowest BCUT2D eigenvalue weighted by molar-refractivity contribution is 0.156. The SMILES string of the molecule is CCn1cnnc1CNC(=O)N1CCC[C@@H]1c1ccc(COC)o1. The fraction of sp³-hybridized carbons (Fsp3) is 0.562. The van der Waals surface area contributed by atoms with E-state index in [4.69, 9.17) is 9.15 Å². The lowest BCUT2D eigenvalue weighted by Crippen LogP contribution is -2.39. The van der Waals surface area contributed by atoms with E-state index in [2.05, 4.69) is 15.5 Å².